The van der Waals surface area contributed by atoms with E-state index >= 15 is 0 Å². The standard InChI is InChI=1S/C25H20BrF6NO7S2/c26-18-7-8-22-21(11-18)33(41(35,36)19-5-1-3-16(9-19)24(27,28)29)12-23(40-22)15(13-34)14-39-42(37,38)20-6-2-4-17(10-20)25(30,31)32/h1-11,15,23,34H,12-14H2/t15-,23-/m1/s1. The van der Waals surface area contributed by atoms with E-state index < -0.39 is 85.2 Å². The van der Waals surface area contributed by atoms with Gasteiger partial charge in [-0.15, -0.1) is 0 Å². The number of aliphatic hydroxyl groups excluding tert-OH is 1. The van der Waals surface area contributed by atoms with Gasteiger partial charge in [-0.1, -0.05) is 28.1 Å². The van der Waals surface area contributed by atoms with Crippen LogP contribution in [0.1, 0.15) is 11.1 Å². The summed E-state index contributed by atoms with van der Waals surface area (Å²) >= 11 is 3.20. The Labute approximate surface area is 244 Å². The van der Waals surface area contributed by atoms with Crippen LogP contribution in [-0.2, 0) is 36.7 Å². The van der Waals surface area contributed by atoms with Gasteiger partial charge in [-0.05, 0) is 54.6 Å². The van der Waals surface area contributed by atoms with E-state index in [9.17, 15) is 48.3 Å². The van der Waals surface area contributed by atoms with Gasteiger partial charge in [-0.25, -0.2) is 8.42 Å². The van der Waals surface area contributed by atoms with Crippen LogP contribution in [0.25, 0.3) is 0 Å². The highest BCUT2D eigenvalue weighted by Crippen LogP contribution is 2.41. The third kappa shape index (κ3) is 6.85. The highest BCUT2D eigenvalue weighted by Gasteiger charge is 2.40. The van der Waals surface area contributed by atoms with Crippen LogP contribution in [0.2, 0.25) is 0 Å². The van der Waals surface area contributed by atoms with Gasteiger partial charge >= 0.3 is 12.4 Å². The van der Waals surface area contributed by atoms with Gasteiger partial charge in [0.25, 0.3) is 20.1 Å². The van der Waals surface area contributed by atoms with Crippen LogP contribution < -0.4 is 9.04 Å². The molecule has 0 aliphatic carbocycles. The molecule has 0 fully saturated rings. The summed E-state index contributed by atoms with van der Waals surface area (Å²) in [5, 5.41) is 10.0. The van der Waals surface area contributed by atoms with E-state index in [-0.39, 0.29) is 11.4 Å². The molecule has 0 radical (unpaired) electrons. The van der Waals surface area contributed by atoms with E-state index in [0.29, 0.717) is 28.7 Å². The summed E-state index contributed by atoms with van der Waals surface area (Å²) in [6, 6.07) is 10.1. The zero-order valence-corrected chi connectivity index (χ0v) is 24.2. The Bertz CT molecular complexity index is 1680. The van der Waals surface area contributed by atoms with Crippen molar-refractivity contribution in [1.82, 2.24) is 0 Å². The number of benzene rings is 3. The van der Waals surface area contributed by atoms with Gasteiger partial charge in [0, 0.05) is 10.4 Å². The fourth-order valence-corrected chi connectivity index (χ4v) is 6.91. The summed E-state index contributed by atoms with van der Waals surface area (Å²) in [6.07, 6.45) is -10.9. The van der Waals surface area contributed by atoms with Gasteiger partial charge in [0.2, 0.25) is 0 Å². The molecular weight excluding hydrogens is 684 g/mol. The van der Waals surface area contributed by atoms with Gasteiger partial charge in [0.15, 0.2) is 0 Å². The van der Waals surface area contributed by atoms with E-state index in [0.717, 1.165) is 28.6 Å². The normalized spacial score (nSPS) is 17.0. The first kappa shape index (κ1) is 32.1. The third-order valence-corrected chi connectivity index (χ3v) is 9.76. The number of nitrogens with zero attached hydrogens (tertiary/aromatic N) is 1. The van der Waals surface area contributed by atoms with Crippen LogP contribution >= 0.6 is 15.9 Å². The quantitative estimate of drug-likeness (QED) is 0.245. The average Bonchev–Trinajstić information content (AvgIpc) is 2.92. The molecule has 0 bridgehead atoms. The summed E-state index contributed by atoms with van der Waals surface area (Å²) < 4.78 is 144. The summed E-state index contributed by atoms with van der Waals surface area (Å²) in [6.45, 7) is -2.23. The van der Waals surface area contributed by atoms with Crippen LogP contribution in [0.3, 0.4) is 0 Å². The first-order valence-electron chi connectivity index (χ1n) is 11.8. The monoisotopic (exact) mass is 703 g/mol. The van der Waals surface area contributed by atoms with Crippen molar-refractivity contribution >= 4 is 41.8 Å². The highest BCUT2D eigenvalue weighted by molar-refractivity contribution is 9.10. The van der Waals surface area contributed by atoms with E-state index in [1.165, 1.54) is 18.2 Å². The van der Waals surface area contributed by atoms with Crippen molar-refractivity contribution in [1.29, 1.82) is 0 Å². The van der Waals surface area contributed by atoms with Gasteiger partial charge in [-0.3, -0.25) is 8.49 Å². The topological polar surface area (TPSA) is 110 Å². The molecule has 3 aromatic rings. The zero-order valence-electron chi connectivity index (χ0n) is 20.9. The van der Waals surface area contributed by atoms with Gasteiger partial charge in [0.1, 0.15) is 11.9 Å². The first-order chi connectivity index (χ1) is 19.4. The number of hydrogen-bond donors (Lipinski definition) is 1. The number of fused-ring (bicyclic) bond motifs is 1. The SMILES string of the molecule is O=S(=O)(OC[C@@H](CO)[C@H]1CN(S(=O)(=O)c2cccc(C(F)(F)F)c2)c2cc(Br)ccc2O1)c1cccc(C(F)(F)F)c1. The largest absolute Gasteiger partial charge is 0.486 e. The van der Waals surface area contributed by atoms with Crippen molar-refractivity contribution in [2.75, 3.05) is 24.1 Å². The maximum Gasteiger partial charge on any atom is 0.416 e. The molecule has 1 N–H and O–H groups in total. The van der Waals surface area contributed by atoms with Crippen molar-refractivity contribution in [2.24, 2.45) is 5.92 Å². The number of rotatable bonds is 8. The van der Waals surface area contributed by atoms with Crippen molar-refractivity contribution in [2.45, 2.75) is 28.2 Å². The second-order valence-corrected chi connectivity index (χ2v) is 13.4. The molecule has 1 aliphatic heterocycles. The predicted octanol–water partition coefficient (Wildman–Crippen LogP) is 5.46. The zero-order chi connectivity index (χ0) is 31.1. The van der Waals surface area contributed by atoms with Crippen LogP contribution in [0, 0.1) is 5.92 Å². The van der Waals surface area contributed by atoms with Crippen molar-refractivity contribution < 1.29 is 57.2 Å². The van der Waals surface area contributed by atoms with Crippen molar-refractivity contribution in [3.63, 3.8) is 0 Å². The molecule has 8 nitrogen and oxygen atoms in total. The molecule has 2 atom stereocenters. The summed E-state index contributed by atoms with van der Waals surface area (Å²) in [5.41, 5.74) is -2.49. The number of halogens is 7. The van der Waals surface area contributed by atoms with E-state index in [1.807, 2.05) is 0 Å². The average molecular weight is 704 g/mol. The minimum absolute atomic E-state index is 0.0489. The number of hydrogen-bond acceptors (Lipinski definition) is 7. The Kier molecular flexibility index (Phi) is 8.91. The van der Waals surface area contributed by atoms with Crippen molar-refractivity contribution in [3.8, 4) is 5.75 Å². The lowest BCUT2D eigenvalue weighted by Crippen LogP contribution is -2.48. The van der Waals surface area contributed by atoms with E-state index in [1.54, 1.807) is 0 Å². The molecule has 1 aliphatic rings. The molecule has 3 aromatic carbocycles. The number of ether oxygens (including phenoxy) is 1. The van der Waals surface area contributed by atoms with Gasteiger partial charge in [-0.2, -0.15) is 34.8 Å². The lowest BCUT2D eigenvalue weighted by atomic mass is 10.0. The maximum atomic E-state index is 13.6. The lowest BCUT2D eigenvalue weighted by Gasteiger charge is -2.38. The van der Waals surface area contributed by atoms with Crippen LogP contribution in [-0.4, -0.2) is 47.8 Å². The third-order valence-electron chi connectivity index (χ3n) is 6.21. The maximum absolute atomic E-state index is 13.6. The summed E-state index contributed by atoms with van der Waals surface area (Å²) in [5.74, 6) is -1.30. The van der Waals surface area contributed by atoms with Crippen LogP contribution in [0.5, 0.6) is 5.75 Å². The molecule has 228 valence electrons. The molecule has 0 amide bonds. The molecule has 0 saturated heterocycles. The molecule has 0 aromatic heterocycles. The molecule has 4 rings (SSSR count). The second kappa shape index (κ2) is 11.7. The number of sulfonamides is 1. The van der Waals surface area contributed by atoms with E-state index in [4.69, 9.17) is 8.92 Å². The summed E-state index contributed by atoms with van der Waals surface area (Å²) in [7, 11) is -9.44. The lowest BCUT2D eigenvalue weighted by molar-refractivity contribution is -0.138. The highest BCUT2D eigenvalue weighted by atomic mass is 79.9. The number of anilines is 1. The number of aliphatic hydroxyl groups is 1. The minimum Gasteiger partial charge on any atom is -0.486 e. The smallest absolute Gasteiger partial charge is 0.416 e. The molecule has 42 heavy (non-hydrogen) atoms. The minimum atomic E-state index is -4.83. The molecular formula is C25H20BrF6NO7S2. The molecule has 1 heterocycles. The van der Waals surface area contributed by atoms with Crippen LogP contribution in [0.15, 0.2) is 81.0 Å². The molecule has 17 heteroatoms. The Morgan fingerprint density at radius 3 is 2.05 bits per heavy atom. The number of alkyl halides is 6. The second-order valence-electron chi connectivity index (χ2n) is 9.04. The fourth-order valence-electron chi connectivity index (χ4n) is 4.03. The molecule has 0 unspecified atom stereocenters. The molecule has 0 spiro atoms. The molecule has 0 saturated carbocycles. The van der Waals surface area contributed by atoms with Gasteiger partial charge < -0.3 is 9.84 Å². The van der Waals surface area contributed by atoms with Gasteiger partial charge in [0.05, 0.1) is 46.4 Å². The van der Waals surface area contributed by atoms with E-state index in [2.05, 4.69) is 15.9 Å². The summed E-state index contributed by atoms with van der Waals surface area (Å²) in [4.78, 5) is -1.49. The van der Waals surface area contributed by atoms with Crippen molar-refractivity contribution in [3.05, 3.63) is 82.3 Å². The Morgan fingerprint density at radius 1 is 0.905 bits per heavy atom. The predicted molar refractivity (Wildman–Crippen MR) is 140 cm³/mol. The Hall–Kier alpha value is -2.86. The first-order valence-corrected chi connectivity index (χ1v) is 15.4. The van der Waals surface area contributed by atoms with Crippen LogP contribution in [0.4, 0.5) is 32.0 Å². The fraction of sp³-hybridized carbons (Fsp3) is 0.280. The Balaban J connectivity index is 1.64. The Morgan fingerprint density at radius 2 is 1.48 bits per heavy atom.